The summed E-state index contributed by atoms with van der Waals surface area (Å²) in [5.41, 5.74) is 0.126. The summed E-state index contributed by atoms with van der Waals surface area (Å²) in [4.78, 5) is 11.6. The van der Waals surface area contributed by atoms with Gasteiger partial charge in [-0.25, -0.2) is 8.78 Å². The summed E-state index contributed by atoms with van der Waals surface area (Å²) >= 11 is 11.4. The summed E-state index contributed by atoms with van der Waals surface area (Å²) in [6.07, 6.45) is -4.80. The van der Waals surface area contributed by atoms with Crippen LogP contribution in [0.25, 0.3) is 0 Å². The van der Waals surface area contributed by atoms with Crippen molar-refractivity contribution >= 4 is 29.1 Å². The number of nitrogens with one attached hydrogen (secondary N) is 1. The lowest BCUT2D eigenvalue weighted by molar-refractivity contribution is -0.00274. The third kappa shape index (κ3) is 3.31. The molecule has 1 atom stereocenters. The first kappa shape index (κ1) is 14.2. The van der Waals surface area contributed by atoms with E-state index in [0.29, 0.717) is 0 Å². The Balaban J connectivity index is 2.68. The van der Waals surface area contributed by atoms with Crippen LogP contribution in [-0.2, 0) is 7.05 Å². The monoisotopic (exact) mass is 286 g/mol. The zero-order valence-corrected chi connectivity index (χ0v) is 10.3. The van der Waals surface area contributed by atoms with E-state index in [2.05, 4.69) is 5.32 Å². The first-order valence-electron chi connectivity index (χ1n) is 4.59. The molecule has 1 heterocycles. The molecule has 8 heteroatoms. The number of aromatic nitrogens is 1. The number of aliphatic hydroxyl groups is 1. The second-order valence-corrected chi connectivity index (χ2v) is 4.10. The molecule has 0 aromatic carbocycles. The van der Waals surface area contributed by atoms with Crippen molar-refractivity contribution in [2.75, 3.05) is 6.54 Å². The zero-order valence-electron chi connectivity index (χ0n) is 8.75. The molecule has 0 spiro atoms. The highest BCUT2D eigenvalue weighted by Gasteiger charge is 2.20. The van der Waals surface area contributed by atoms with Gasteiger partial charge in [-0.2, -0.15) is 0 Å². The van der Waals surface area contributed by atoms with Gasteiger partial charge in [-0.1, -0.05) is 23.2 Å². The fourth-order valence-electron chi connectivity index (χ4n) is 1.14. The Morgan fingerprint density at radius 3 is 2.59 bits per heavy atom. The largest absolute Gasteiger partial charge is 0.385 e. The van der Waals surface area contributed by atoms with Gasteiger partial charge in [0, 0.05) is 13.6 Å². The predicted molar refractivity (Wildman–Crippen MR) is 59.8 cm³/mol. The summed E-state index contributed by atoms with van der Waals surface area (Å²) in [5.74, 6) is -0.638. The fourth-order valence-corrected chi connectivity index (χ4v) is 1.51. The second-order valence-electron chi connectivity index (χ2n) is 3.34. The van der Waals surface area contributed by atoms with Crippen molar-refractivity contribution in [3.8, 4) is 0 Å². The van der Waals surface area contributed by atoms with Crippen molar-refractivity contribution in [3.63, 3.8) is 0 Å². The molecule has 0 fully saturated rings. The molecule has 0 aliphatic rings. The minimum Gasteiger partial charge on any atom is -0.385 e. The van der Waals surface area contributed by atoms with Crippen LogP contribution in [0.2, 0.25) is 10.2 Å². The summed E-state index contributed by atoms with van der Waals surface area (Å²) in [6.45, 7) is -0.545. The van der Waals surface area contributed by atoms with Crippen LogP contribution in [0.4, 0.5) is 8.78 Å². The van der Waals surface area contributed by atoms with Gasteiger partial charge in [0.05, 0.1) is 5.02 Å². The molecule has 1 amide bonds. The number of halogens is 4. The Morgan fingerprint density at radius 2 is 2.18 bits per heavy atom. The van der Waals surface area contributed by atoms with Crippen LogP contribution in [0, 0.1) is 0 Å². The molecule has 1 aromatic rings. The van der Waals surface area contributed by atoms with Gasteiger partial charge in [-0.3, -0.25) is 4.79 Å². The van der Waals surface area contributed by atoms with Crippen LogP contribution in [0.3, 0.4) is 0 Å². The zero-order chi connectivity index (χ0) is 13.2. The van der Waals surface area contributed by atoms with Gasteiger partial charge >= 0.3 is 0 Å². The maximum Gasteiger partial charge on any atom is 0.268 e. The predicted octanol–water partition coefficient (Wildman–Crippen LogP) is 1.69. The standard InChI is InChI=1S/C9H10Cl2F2N2O2/c1-15-5(2-4(10)7(15)11)9(17)14-3-6(16)8(12)13/h2,6,8,16H,3H2,1H3,(H,14,17). The third-order valence-electron chi connectivity index (χ3n) is 2.11. The Morgan fingerprint density at radius 1 is 1.59 bits per heavy atom. The van der Waals surface area contributed by atoms with Crippen LogP contribution in [0.1, 0.15) is 10.5 Å². The van der Waals surface area contributed by atoms with E-state index in [1.807, 2.05) is 0 Å². The summed E-state index contributed by atoms with van der Waals surface area (Å²) < 4.78 is 25.3. The normalized spacial score (nSPS) is 12.9. The van der Waals surface area contributed by atoms with Crippen LogP contribution >= 0.6 is 23.2 Å². The molecule has 17 heavy (non-hydrogen) atoms. The second kappa shape index (κ2) is 5.66. The maximum atomic E-state index is 12.0. The van der Waals surface area contributed by atoms with Crippen molar-refractivity contribution < 1.29 is 18.7 Å². The van der Waals surface area contributed by atoms with Crippen LogP contribution in [0.15, 0.2) is 6.07 Å². The van der Waals surface area contributed by atoms with Crippen molar-refractivity contribution in [2.24, 2.45) is 7.05 Å². The molecular formula is C9H10Cl2F2N2O2. The first-order chi connectivity index (χ1) is 7.84. The number of carbonyl (C=O) groups is 1. The van der Waals surface area contributed by atoms with E-state index in [1.54, 1.807) is 0 Å². The van der Waals surface area contributed by atoms with Gasteiger partial charge in [0.1, 0.15) is 17.0 Å². The molecule has 2 N–H and O–H groups in total. The highest BCUT2D eigenvalue weighted by atomic mass is 35.5. The highest BCUT2D eigenvalue weighted by Crippen LogP contribution is 2.24. The van der Waals surface area contributed by atoms with Gasteiger partial charge < -0.3 is 15.0 Å². The van der Waals surface area contributed by atoms with E-state index in [1.165, 1.54) is 17.7 Å². The van der Waals surface area contributed by atoms with Crippen LogP contribution in [0.5, 0.6) is 0 Å². The van der Waals surface area contributed by atoms with Crippen molar-refractivity contribution in [1.82, 2.24) is 9.88 Å². The molecule has 0 aliphatic carbocycles. The lowest BCUT2D eigenvalue weighted by atomic mass is 10.3. The molecule has 4 nitrogen and oxygen atoms in total. The number of carbonyl (C=O) groups excluding carboxylic acids is 1. The van der Waals surface area contributed by atoms with E-state index in [0.717, 1.165) is 0 Å². The minimum absolute atomic E-state index is 0.126. The third-order valence-corrected chi connectivity index (χ3v) is 2.95. The lowest BCUT2D eigenvalue weighted by Crippen LogP contribution is -2.36. The van der Waals surface area contributed by atoms with E-state index < -0.39 is 25.0 Å². The number of hydrogen-bond donors (Lipinski definition) is 2. The molecule has 96 valence electrons. The number of rotatable bonds is 4. The molecule has 0 radical (unpaired) electrons. The number of amides is 1. The van der Waals surface area contributed by atoms with Gasteiger partial charge in [-0.05, 0) is 6.07 Å². The van der Waals surface area contributed by atoms with E-state index in [-0.39, 0.29) is 15.9 Å². The average molecular weight is 287 g/mol. The quantitative estimate of drug-likeness (QED) is 0.885. The molecule has 1 aromatic heterocycles. The topological polar surface area (TPSA) is 54.3 Å². The number of aliphatic hydroxyl groups excluding tert-OH is 1. The SMILES string of the molecule is Cn1c(C(=O)NCC(O)C(F)F)cc(Cl)c1Cl. The van der Waals surface area contributed by atoms with Gasteiger partial charge in [0.2, 0.25) is 0 Å². The smallest absolute Gasteiger partial charge is 0.268 e. The molecule has 0 bridgehead atoms. The van der Waals surface area contributed by atoms with E-state index in [4.69, 9.17) is 28.3 Å². The van der Waals surface area contributed by atoms with Crippen molar-refractivity contribution in [3.05, 3.63) is 21.9 Å². The van der Waals surface area contributed by atoms with Crippen LogP contribution < -0.4 is 5.32 Å². The molecule has 0 saturated heterocycles. The van der Waals surface area contributed by atoms with Crippen LogP contribution in [-0.4, -0.2) is 34.7 Å². The molecular weight excluding hydrogens is 277 g/mol. The number of nitrogens with zero attached hydrogens (tertiary/aromatic N) is 1. The Kier molecular flexibility index (Phi) is 4.73. The van der Waals surface area contributed by atoms with Crippen molar-refractivity contribution in [1.29, 1.82) is 0 Å². The molecule has 0 saturated carbocycles. The maximum absolute atomic E-state index is 12.0. The molecule has 0 aliphatic heterocycles. The Hall–Kier alpha value is -0.850. The van der Waals surface area contributed by atoms with E-state index >= 15 is 0 Å². The van der Waals surface area contributed by atoms with Crippen molar-refractivity contribution in [2.45, 2.75) is 12.5 Å². The fraction of sp³-hybridized carbons (Fsp3) is 0.444. The Bertz CT molecular complexity index is 423. The lowest BCUT2D eigenvalue weighted by Gasteiger charge is -2.11. The number of alkyl halides is 2. The van der Waals surface area contributed by atoms with E-state index in [9.17, 15) is 13.6 Å². The summed E-state index contributed by atoms with van der Waals surface area (Å²) in [5, 5.41) is 11.3. The summed E-state index contributed by atoms with van der Waals surface area (Å²) in [7, 11) is 1.51. The first-order valence-corrected chi connectivity index (χ1v) is 5.35. The minimum atomic E-state index is -2.91. The van der Waals surface area contributed by atoms with Gasteiger partial charge in [-0.15, -0.1) is 0 Å². The summed E-state index contributed by atoms with van der Waals surface area (Å²) in [6, 6.07) is 1.31. The van der Waals surface area contributed by atoms with Gasteiger partial charge in [0.15, 0.2) is 0 Å². The average Bonchev–Trinajstić information content (AvgIpc) is 2.53. The molecule has 1 unspecified atom stereocenters. The Labute approximate surface area is 106 Å². The molecule has 1 rings (SSSR count). The van der Waals surface area contributed by atoms with Gasteiger partial charge in [0.25, 0.3) is 12.3 Å². The highest BCUT2D eigenvalue weighted by molar-refractivity contribution is 6.41. The number of hydrogen-bond acceptors (Lipinski definition) is 2.